The highest BCUT2D eigenvalue weighted by molar-refractivity contribution is 6.32. The number of aromatic nitrogens is 5. The first-order valence-corrected chi connectivity index (χ1v) is 8.56. The van der Waals surface area contributed by atoms with Crippen molar-refractivity contribution in [2.75, 3.05) is 0 Å². The molecule has 136 valence electrons. The van der Waals surface area contributed by atoms with E-state index in [0.717, 1.165) is 22.9 Å². The van der Waals surface area contributed by atoms with Crippen molar-refractivity contribution in [2.45, 2.75) is 13.0 Å². The third-order valence-corrected chi connectivity index (χ3v) is 4.49. The fourth-order valence-electron chi connectivity index (χ4n) is 2.71. The zero-order chi connectivity index (χ0) is 18.8. The first-order valence-electron chi connectivity index (χ1n) is 8.18. The second kappa shape index (κ2) is 7.28. The molecule has 1 N–H and O–H groups in total. The van der Waals surface area contributed by atoms with Crippen LogP contribution in [0.5, 0.6) is 0 Å². The van der Waals surface area contributed by atoms with E-state index in [9.17, 15) is 8.78 Å². The van der Waals surface area contributed by atoms with Gasteiger partial charge in [-0.1, -0.05) is 71.4 Å². The summed E-state index contributed by atoms with van der Waals surface area (Å²) >= 11 is 6.42. The van der Waals surface area contributed by atoms with Crippen LogP contribution in [0.3, 0.4) is 0 Å². The minimum absolute atomic E-state index is 0.197. The molecule has 0 aliphatic heterocycles. The van der Waals surface area contributed by atoms with Crippen molar-refractivity contribution in [3.63, 3.8) is 0 Å². The van der Waals surface area contributed by atoms with E-state index in [4.69, 9.17) is 11.6 Å². The third-order valence-electron chi connectivity index (χ3n) is 4.11. The molecule has 0 saturated heterocycles. The Morgan fingerprint density at radius 2 is 1.74 bits per heavy atom. The van der Waals surface area contributed by atoms with Crippen LogP contribution in [-0.2, 0) is 6.54 Å². The summed E-state index contributed by atoms with van der Waals surface area (Å²) in [5.41, 5.74) is 3.00. The highest BCUT2D eigenvalue weighted by Gasteiger charge is 2.14. The number of aromatic amines is 1. The summed E-state index contributed by atoms with van der Waals surface area (Å²) < 4.78 is 26.9. The number of H-pyrrole nitrogens is 1. The fraction of sp³-hybridized carbons (Fsp3) is 0.105. The van der Waals surface area contributed by atoms with E-state index in [1.165, 1.54) is 0 Å². The van der Waals surface area contributed by atoms with E-state index in [1.807, 2.05) is 54.6 Å². The number of nitrogens with zero attached hydrogens (tertiary/aromatic N) is 4. The van der Waals surface area contributed by atoms with Crippen LogP contribution in [0.25, 0.3) is 22.6 Å². The lowest BCUT2D eigenvalue weighted by Crippen LogP contribution is -2.02. The Hall–Kier alpha value is -3.06. The van der Waals surface area contributed by atoms with Crippen LogP contribution in [0.15, 0.2) is 60.8 Å². The Labute approximate surface area is 158 Å². The molecule has 2 aromatic carbocycles. The molecule has 0 radical (unpaired) electrons. The van der Waals surface area contributed by atoms with Crippen molar-refractivity contribution in [2.24, 2.45) is 0 Å². The van der Waals surface area contributed by atoms with Crippen molar-refractivity contribution in [3.05, 3.63) is 77.2 Å². The summed E-state index contributed by atoms with van der Waals surface area (Å²) in [7, 11) is 0. The van der Waals surface area contributed by atoms with Gasteiger partial charge in [-0.3, -0.25) is 0 Å². The zero-order valence-electron chi connectivity index (χ0n) is 14.0. The number of nitrogens with one attached hydrogen (secondary N) is 1. The van der Waals surface area contributed by atoms with Crippen molar-refractivity contribution in [3.8, 4) is 22.6 Å². The predicted octanol–water partition coefficient (Wildman–Crippen LogP) is 4.97. The Morgan fingerprint density at radius 3 is 2.41 bits per heavy atom. The standard InChI is InChI=1S/C19H14ClF2N5/c20-17-16(13-4-2-1-3-5-13)25-26-27(17)11-12-6-8-14(9-7-12)19-23-10-15(24-19)18(21)22/h1-10,18H,11H2,(H,23,24). The van der Waals surface area contributed by atoms with E-state index in [0.29, 0.717) is 23.2 Å². The molecule has 0 saturated carbocycles. The van der Waals surface area contributed by atoms with Gasteiger partial charge in [-0.15, -0.1) is 5.10 Å². The molecule has 0 unspecified atom stereocenters. The van der Waals surface area contributed by atoms with E-state index in [-0.39, 0.29) is 5.69 Å². The first-order chi connectivity index (χ1) is 13.1. The summed E-state index contributed by atoms with van der Waals surface area (Å²) in [4.78, 5) is 6.61. The van der Waals surface area contributed by atoms with Crippen LogP contribution in [0.2, 0.25) is 5.15 Å². The summed E-state index contributed by atoms with van der Waals surface area (Å²) in [5, 5.41) is 8.74. The normalized spacial score (nSPS) is 11.3. The topological polar surface area (TPSA) is 59.4 Å². The summed E-state index contributed by atoms with van der Waals surface area (Å²) in [6, 6.07) is 17.0. The van der Waals surface area contributed by atoms with Gasteiger partial charge < -0.3 is 4.98 Å². The molecule has 0 atom stereocenters. The van der Waals surface area contributed by atoms with Gasteiger partial charge in [-0.25, -0.2) is 18.4 Å². The maximum absolute atomic E-state index is 12.7. The number of hydrogen-bond donors (Lipinski definition) is 1. The van der Waals surface area contributed by atoms with Crippen LogP contribution in [0.1, 0.15) is 17.7 Å². The SMILES string of the molecule is FC(F)c1cnc(-c2ccc(Cn3nnc(-c4ccccc4)c3Cl)cc2)[nH]1. The Bertz CT molecular complexity index is 1040. The molecule has 4 aromatic rings. The van der Waals surface area contributed by atoms with Crippen LogP contribution in [0.4, 0.5) is 8.78 Å². The second-order valence-electron chi connectivity index (χ2n) is 5.94. The van der Waals surface area contributed by atoms with Crippen molar-refractivity contribution < 1.29 is 8.78 Å². The van der Waals surface area contributed by atoms with Gasteiger partial charge in [-0.2, -0.15) is 0 Å². The zero-order valence-corrected chi connectivity index (χ0v) is 14.7. The number of halogens is 3. The van der Waals surface area contributed by atoms with Crippen molar-refractivity contribution >= 4 is 11.6 Å². The maximum Gasteiger partial charge on any atom is 0.279 e. The summed E-state index contributed by atoms with van der Waals surface area (Å²) in [6.07, 6.45) is -1.42. The third kappa shape index (κ3) is 3.59. The van der Waals surface area contributed by atoms with Crippen molar-refractivity contribution in [1.29, 1.82) is 0 Å². The molecule has 0 bridgehead atoms. The van der Waals surface area contributed by atoms with Gasteiger partial charge >= 0.3 is 0 Å². The van der Waals surface area contributed by atoms with E-state index >= 15 is 0 Å². The van der Waals surface area contributed by atoms with Gasteiger partial charge in [0.2, 0.25) is 0 Å². The fourth-order valence-corrected chi connectivity index (χ4v) is 2.95. The molecule has 2 heterocycles. The second-order valence-corrected chi connectivity index (χ2v) is 6.30. The van der Waals surface area contributed by atoms with Gasteiger partial charge in [-0.05, 0) is 5.56 Å². The minimum Gasteiger partial charge on any atom is -0.337 e. The molecule has 5 nitrogen and oxygen atoms in total. The average Bonchev–Trinajstić information content (AvgIpc) is 3.31. The predicted molar refractivity (Wildman–Crippen MR) is 98.6 cm³/mol. The quantitative estimate of drug-likeness (QED) is 0.527. The molecule has 0 amide bonds. The van der Waals surface area contributed by atoms with Gasteiger partial charge in [0.1, 0.15) is 17.2 Å². The molecule has 4 rings (SSSR count). The number of imidazole rings is 1. The largest absolute Gasteiger partial charge is 0.337 e. The van der Waals surface area contributed by atoms with Crippen LogP contribution < -0.4 is 0 Å². The van der Waals surface area contributed by atoms with Crippen LogP contribution in [-0.4, -0.2) is 25.0 Å². The highest BCUT2D eigenvalue weighted by Crippen LogP contribution is 2.26. The van der Waals surface area contributed by atoms with Crippen LogP contribution in [0, 0.1) is 0 Å². The Balaban J connectivity index is 1.53. The molecule has 0 spiro atoms. The van der Waals surface area contributed by atoms with Crippen LogP contribution >= 0.6 is 11.6 Å². The average molecular weight is 386 g/mol. The summed E-state index contributed by atoms with van der Waals surface area (Å²) in [6.45, 7) is 0.444. The van der Waals surface area contributed by atoms with Crippen molar-refractivity contribution in [1.82, 2.24) is 25.0 Å². The molecule has 0 aliphatic rings. The summed E-state index contributed by atoms with van der Waals surface area (Å²) in [5.74, 6) is 0.405. The maximum atomic E-state index is 12.7. The van der Waals surface area contributed by atoms with Gasteiger partial charge in [0.05, 0.1) is 12.7 Å². The first kappa shape index (κ1) is 17.4. The lowest BCUT2D eigenvalue weighted by Gasteiger charge is -2.04. The van der Waals surface area contributed by atoms with E-state index in [1.54, 1.807) is 4.68 Å². The van der Waals surface area contributed by atoms with E-state index < -0.39 is 6.43 Å². The molecule has 27 heavy (non-hydrogen) atoms. The van der Waals surface area contributed by atoms with E-state index in [2.05, 4.69) is 20.3 Å². The van der Waals surface area contributed by atoms with Gasteiger partial charge in [0, 0.05) is 11.1 Å². The van der Waals surface area contributed by atoms with Gasteiger partial charge in [0.25, 0.3) is 6.43 Å². The Kier molecular flexibility index (Phi) is 4.68. The lowest BCUT2D eigenvalue weighted by molar-refractivity contribution is 0.146. The molecule has 0 fully saturated rings. The molecular weight excluding hydrogens is 372 g/mol. The number of rotatable bonds is 5. The highest BCUT2D eigenvalue weighted by atomic mass is 35.5. The number of benzene rings is 2. The smallest absolute Gasteiger partial charge is 0.279 e. The van der Waals surface area contributed by atoms with Gasteiger partial charge in [0.15, 0.2) is 5.15 Å². The monoisotopic (exact) mass is 385 g/mol. The Morgan fingerprint density at radius 1 is 1.00 bits per heavy atom. The lowest BCUT2D eigenvalue weighted by atomic mass is 10.1. The molecule has 8 heteroatoms. The number of hydrogen-bond acceptors (Lipinski definition) is 3. The molecular formula is C19H14ClF2N5. The number of alkyl halides is 2. The minimum atomic E-state index is -2.57. The molecule has 2 aromatic heterocycles. The molecule has 0 aliphatic carbocycles.